The Morgan fingerprint density at radius 3 is 0.805 bits per heavy atom. The van der Waals surface area contributed by atoms with Gasteiger partial charge in [-0.05, 0) is 97.9 Å². The number of nitrogens with zero attached hydrogens (tertiary/aromatic N) is 16. The third kappa shape index (κ3) is 8.82. The predicted octanol–water partition coefficient (Wildman–Crippen LogP) is 13.5. The quantitative estimate of drug-likeness (QED) is 0.133. The van der Waals surface area contributed by atoms with Crippen LogP contribution in [0.2, 0.25) is 0 Å². The summed E-state index contributed by atoms with van der Waals surface area (Å²) in [6.45, 7) is 15.1. The third-order valence-corrected chi connectivity index (χ3v) is 14.6. The highest BCUT2D eigenvalue weighted by Gasteiger charge is 2.24. The van der Waals surface area contributed by atoms with Crippen LogP contribution in [-0.2, 0) is 0 Å². The molecule has 16 heteroatoms. The van der Waals surface area contributed by atoms with Crippen molar-refractivity contribution in [2.45, 2.75) is 55.4 Å². The van der Waals surface area contributed by atoms with Gasteiger partial charge in [-0.25, -0.2) is 69.8 Å². The lowest BCUT2D eigenvalue weighted by Crippen LogP contribution is -2.03. The molecule has 0 fully saturated rings. The molecule has 0 spiro atoms. The van der Waals surface area contributed by atoms with Crippen LogP contribution in [0, 0.1) is 55.4 Å². The van der Waals surface area contributed by atoms with Crippen LogP contribution in [0.1, 0.15) is 46.6 Å². The second-order valence-corrected chi connectivity index (χ2v) is 20.5. The first kappa shape index (κ1) is 49.5. The fourth-order valence-corrected chi connectivity index (χ4v) is 11.3. The van der Waals surface area contributed by atoms with Crippen LogP contribution in [0.25, 0.3) is 134 Å². The molecule has 7 aromatic heterocycles. The molecule has 0 aliphatic carbocycles. The molecule has 7 heterocycles. The minimum absolute atomic E-state index is 0.568. The smallest absolute Gasteiger partial charge is 0.163 e. The van der Waals surface area contributed by atoms with Crippen LogP contribution >= 0.6 is 0 Å². The van der Waals surface area contributed by atoms with Crippen molar-refractivity contribution in [3.8, 4) is 90.8 Å². The number of para-hydroxylation sites is 2. The van der Waals surface area contributed by atoms with Gasteiger partial charge in [-0.2, -0.15) is 0 Å². The molecule has 14 rings (SSSR count). The van der Waals surface area contributed by atoms with E-state index in [9.17, 15) is 0 Å². The molecule has 0 aliphatic heterocycles. The summed E-state index contributed by atoms with van der Waals surface area (Å²) in [4.78, 5) is 67.3. The van der Waals surface area contributed by atoms with Crippen molar-refractivity contribution >= 4 is 43.6 Å². The summed E-state index contributed by atoms with van der Waals surface area (Å²) in [5, 5.41) is 4.19. The van der Waals surface area contributed by atoms with Gasteiger partial charge in [0.2, 0.25) is 0 Å². The van der Waals surface area contributed by atoms with Gasteiger partial charge >= 0.3 is 0 Å². The molecule has 394 valence electrons. The summed E-state index contributed by atoms with van der Waals surface area (Å²) in [6.07, 6.45) is 0. The zero-order valence-electron chi connectivity index (χ0n) is 46.2. The van der Waals surface area contributed by atoms with Crippen LogP contribution in [0.4, 0.5) is 0 Å². The normalized spacial score (nSPS) is 11.7. The largest absolute Gasteiger partial charge is 0.309 e. The summed E-state index contributed by atoms with van der Waals surface area (Å²) in [5.74, 6) is 8.18. The van der Waals surface area contributed by atoms with E-state index >= 15 is 0 Å². The molecule has 0 unspecified atom stereocenters. The molecule has 16 nitrogen and oxygen atoms in total. The molecule has 0 amide bonds. The van der Waals surface area contributed by atoms with Gasteiger partial charge in [0.15, 0.2) is 29.1 Å². The molecule has 7 aromatic carbocycles. The van der Waals surface area contributed by atoms with Gasteiger partial charge in [-0.3, -0.25) is 0 Å². The van der Waals surface area contributed by atoms with Crippen LogP contribution < -0.4 is 0 Å². The van der Waals surface area contributed by atoms with Crippen molar-refractivity contribution in [2.24, 2.45) is 0 Å². The van der Waals surface area contributed by atoms with E-state index in [2.05, 4.69) is 169 Å². The van der Waals surface area contributed by atoms with Crippen molar-refractivity contribution in [3.63, 3.8) is 0 Å². The zero-order chi connectivity index (χ0) is 55.9. The molecule has 0 aliphatic rings. The molecule has 0 radical (unpaired) electrons. The third-order valence-electron chi connectivity index (χ3n) is 14.6. The fourth-order valence-electron chi connectivity index (χ4n) is 11.3. The lowest BCUT2D eigenvalue weighted by Gasteiger charge is -2.17. The van der Waals surface area contributed by atoms with Crippen molar-refractivity contribution < 1.29 is 0 Å². The number of aryl methyl sites for hydroxylation is 8. The number of aromatic nitrogens is 16. The minimum atomic E-state index is 0.568. The summed E-state index contributed by atoms with van der Waals surface area (Å²) in [6, 6.07) is 54.7. The summed E-state index contributed by atoms with van der Waals surface area (Å²) in [7, 11) is 0. The molecular weight excluding hydrogens is 1020 g/mol. The van der Waals surface area contributed by atoms with Gasteiger partial charge in [0.25, 0.3) is 0 Å². The van der Waals surface area contributed by atoms with Crippen molar-refractivity contribution in [1.82, 2.24) is 78.9 Å². The van der Waals surface area contributed by atoms with Crippen LogP contribution in [0.5, 0.6) is 0 Å². The maximum Gasteiger partial charge on any atom is 0.163 e. The SMILES string of the molecule is Cc1nc(C)nc(-c2ccc3c4ccc(-c5nc(C)nc(C)n5)cc4n(-c4ccccc4-c4cc(-c5ccccc5-n5c6cc(-c7nc(C)nc(C)n7)ccc6c6ccc(-c7nc(C)nc(C)n7)cc65)nc(-c5ccccc5)n4)c3c2)n1. The summed E-state index contributed by atoms with van der Waals surface area (Å²) >= 11 is 0. The predicted molar refractivity (Wildman–Crippen MR) is 320 cm³/mol. The van der Waals surface area contributed by atoms with E-state index in [4.69, 9.17) is 49.8 Å². The van der Waals surface area contributed by atoms with E-state index < -0.39 is 0 Å². The molecular formula is C66H50N16. The Labute approximate surface area is 471 Å². The number of fused-ring (bicyclic) bond motifs is 6. The summed E-state index contributed by atoms with van der Waals surface area (Å²) in [5.41, 5.74) is 13.1. The highest BCUT2D eigenvalue weighted by molar-refractivity contribution is 6.13. The fraction of sp³-hybridized carbons (Fsp3) is 0.121. The van der Waals surface area contributed by atoms with Crippen LogP contribution in [0.3, 0.4) is 0 Å². The molecule has 0 N–H and O–H groups in total. The molecule has 14 aromatic rings. The van der Waals surface area contributed by atoms with Gasteiger partial charge < -0.3 is 9.13 Å². The first-order valence-corrected chi connectivity index (χ1v) is 26.9. The maximum absolute atomic E-state index is 5.49. The molecule has 0 atom stereocenters. The van der Waals surface area contributed by atoms with E-state index in [1.54, 1.807) is 0 Å². The van der Waals surface area contributed by atoms with Crippen molar-refractivity contribution in [3.05, 3.63) is 204 Å². The number of benzene rings is 7. The Kier molecular flexibility index (Phi) is 11.8. The Morgan fingerprint density at radius 2 is 0.500 bits per heavy atom. The first-order chi connectivity index (χ1) is 39.8. The Bertz CT molecular complexity index is 4340. The van der Waals surface area contributed by atoms with Gasteiger partial charge in [0.05, 0.1) is 44.8 Å². The number of hydrogen-bond donors (Lipinski definition) is 0. The molecule has 0 bridgehead atoms. The minimum Gasteiger partial charge on any atom is -0.309 e. The Morgan fingerprint density at radius 1 is 0.232 bits per heavy atom. The van der Waals surface area contributed by atoms with Crippen LogP contribution in [0.15, 0.2) is 158 Å². The maximum atomic E-state index is 5.49. The molecule has 0 saturated heterocycles. The lowest BCUT2D eigenvalue weighted by atomic mass is 10.0. The second-order valence-electron chi connectivity index (χ2n) is 20.5. The first-order valence-electron chi connectivity index (χ1n) is 26.9. The van der Waals surface area contributed by atoms with Crippen molar-refractivity contribution in [2.75, 3.05) is 0 Å². The zero-order valence-corrected chi connectivity index (χ0v) is 46.2. The Hall–Kier alpha value is -10.7. The standard InChI is InChI=1S/C66H50N16/c1-35-67-36(2)72-63(71-35)44-22-26-48-49-27-23-45(64-73-37(3)68-38(4)74-64)31-59(49)81(58(48)30-44)56-20-14-12-18-52(56)54-34-55(80-62(79-54)43-16-10-9-11-17-43)53-19-13-15-21-57(53)82-60-32-46(65-75-39(5)69-40(6)76-65)24-28-50(60)51-29-25-47(33-61(51)82)66-77-41(7)70-42(8)78-66/h9-34H,1-8H3. The highest BCUT2D eigenvalue weighted by atomic mass is 15.1. The Balaban J connectivity index is 1.02. The van der Waals surface area contributed by atoms with Crippen molar-refractivity contribution in [1.29, 1.82) is 0 Å². The number of rotatable bonds is 9. The second kappa shape index (κ2) is 19.6. The number of hydrogen-bond acceptors (Lipinski definition) is 14. The van der Waals surface area contributed by atoms with E-state index in [-0.39, 0.29) is 0 Å². The topological polar surface area (TPSA) is 190 Å². The van der Waals surface area contributed by atoms with Crippen LogP contribution in [-0.4, -0.2) is 78.9 Å². The van der Waals surface area contributed by atoms with E-state index in [1.165, 1.54) is 0 Å². The monoisotopic (exact) mass is 1070 g/mol. The average molecular weight is 1070 g/mol. The highest BCUT2D eigenvalue weighted by Crippen LogP contribution is 2.42. The van der Waals surface area contributed by atoms with E-state index in [1.807, 2.05) is 73.6 Å². The van der Waals surface area contributed by atoms with Gasteiger partial charge in [0.1, 0.15) is 46.6 Å². The lowest BCUT2D eigenvalue weighted by molar-refractivity contribution is 0.928. The molecule has 82 heavy (non-hydrogen) atoms. The summed E-state index contributed by atoms with van der Waals surface area (Å²) < 4.78 is 4.62. The van der Waals surface area contributed by atoms with Gasteiger partial charge in [0, 0.05) is 60.5 Å². The molecule has 0 saturated carbocycles. The van der Waals surface area contributed by atoms with E-state index in [0.29, 0.717) is 75.7 Å². The van der Waals surface area contributed by atoms with Gasteiger partial charge in [-0.1, -0.05) is 115 Å². The van der Waals surface area contributed by atoms with Gasteiger partial charge in [-0.15, -0.1) is 0 Å². The average Bonchev–Trinajstić information content (AvgIpc) is 3.86. The van der Waals surface area contributed by atoms with E-state index in [0.717, 1.165) is 105 Å².